The van der Waals surface area contributed by atoms with Crippen molar-refractivity contribution >= 4 is 11.9 Å². The van der Waals surface area contributed by atoms with E-state index in [2.05, 4.69) is 0 Å². The molecule has 5 heteroatoms. The molecule has 2 aromatic carbocycles. The number of amides is 1. The minimum Gasteiger partial charge on any atom is -0.496 e. The summed E-state index contributed by atoms with van der Waals surface area (Å²) in [5, 5.41) is 9.55. The number of nitrogens with zero attached hydrogens (tertiary/aromatic N) is 1. The smallest absolute Gasteiger partial charge is 0.326 e. The first kappa shape index (κ1) is 18.5. The average molecular weight is 341 g/mol. The van der Waals surface area contributed by atoms with Crippen LogP contribution < -0.4 is 4.74 Å². The Morgan fingerprint density at radius 1 is 1.16 bits per heavy atom. The Kier molecular flexibility index (Phi) is 6.17. The summed E-state index contributed by atoms with van der Waals surface area (Å²) in [6.07, 6.45) is 0.364. The standard InChI is InChI=1S/C20H23NO4/c1-14-9-10-18(25-3)16(11-14)13-19(22)21(2)17(20(23)24)12-15-7-5-4-6-8-15/h4-11,17H,12-13H2,1-3H3,(H,23,24). The van der Waals surface area contributed by atoms with E-state index in [4.69, 9.17) is 4.74 Å². The number of carbonyl (C=O) groups excluding carboxylic acids is 1. The number of hydrogen-bond donors (Lipinski definition) is 1. The van der Waals surface area contributed by atoms with Crippen molar-refractivity contribution in [1.29, 1.82) is 0 Å². The molecule has 0 heterocycles. The van der Waals surface area contributed by atoms with E-state index in [1.165, 1.54) is 11.9 Å². The first-order chi connectivity index (χ1) is 11.9. The Morgan fingerprint density at radius 2 is 1.84 bits per heavy atom. The fourth-order valence-electron chi connectivity index (χ4n) is 2.73. The average Bonchev–Trinajstić information content (AvgIpc) is 2.60. The molecular weight excluding hydrogens is 318 g/mol. The van der Waals surface area contributed by atoms with Crippen molar-refractivity contribution in [3.8, 4) is 5.75 Å². The van der Waals surface area contributed by atoms with Crippen LogP contribution in [0.3, 0.4) is 0 Å². The lowest BCUT2D eigenvalue weighted by molar-refractivity contribution is -0.148. The van der Waals surface area contributed by atoms with Crippen molar-refractivity contribution in [2.24, 2.45) is 0 Å². The largest absolute Gasteiger partial charge is 0.496 e. The number of methoxy groups -OCH3 is 1. The molecule has 25 heavy (non-hydrogen) atoms. The Balaban J connectivity index is 2.16. The van der Waals surface area contributed by atoms with Gasteiger partial charge in [0.1, 0.15) is 11.8 Å². The second-order valence-corrected chi connectivity index (χ2v) is 6.04. The summed E-state index contributed by atoms with van der Waals surface area (Å²) in [5.41, 5.74) is 2.65. The van der Waals surface area contributed by atoms with Crippen molar-refractivity contribution in [3.05, 3.63) is 65.2 Å². The molecule has 1 amide bonds. The predicted octanol–water partition coefficient (Wildman–Crippen LogP) is 2.70. The van der Waals surface area contributed by atoms with Crippen LogP contribution in [-0.4, -0.2) is 42.1 Å². The summed E-state index contributed by atoms with van der Waals surface area (Å²) in [6, 6.07) is 14.0. The number of rotatable bonds is 7. The summed E-state index contributed by atoms with van der Waals surface area (Å²) >= 11 is 0. The van der Waals surface area contributed by atoms with Gasteiger partial charge in [0.05, 0.1) is 13.5 Å². The molecule has 132 valence electrons. The highest BCUT2D eigenvalue weighted by Crippen LogP contribution is 2.21. The van der Waals surface area contributed by atoms with E-state index in [1.807, 2.05) is 55.5 Å². The highest BCUT2D eigenvalue weighted by atomic mass is 16.5. The van der Waals surface area contributed by atoms with E-state index in [1.54, 1.807) is 7.11 Å². The van der Waals surface area contributed by atoms with Crippen LogP contribution in [0.5, 0.6) is 5.75 Å². The van der Waals surface area contributed by atoms with Crippen molar-refractivity contribution < 1.29 is 19.4 Å². The van der Waals surface area contributed by atoms with Gasteiger partial charge in [-0.3, -0.25) is 4.79 Å². The lowest BCUT2D eigenvalue weighted by Crippen LogP contribution is -2.44. The maximum atomic E-state index is 12.6. The van der Waals surface area contributed by atoms with Gasteiger partial charge in [0.25, 0.3) is 0 Å². The van der Waals surface area contributed by atoms with Gasteiger partial charge in [-0.05, 0) is 18.6 Å². The fourth-order valence-corrected chi connectivity index (χ4v) is 2.73. The lowest BCUT2D eigenvalue weighted by Gasteiger charge is -2.25. The van der Waals surface area contributed by atoms with E-state index in [-0.39, 0.29) is 18.7 Å². The van der Waals surface area contributed by atoms with Crippen LogP contribution in [0.15, 0.2) is 48.5 Å². The van der Waals surface area contributed by atoms with Crippen LogP contribution >= 0.6 is 0 Å². The van der Waals surface area contributed by atoms with Gasteiger partial charge in [0, 0.05) is 19.0 Å². The van der Waals surface area contributed by atoms with E-state index in [9.17, 15) is 14.7 Å². The monoisotopic (exact) mass is 341 g/mol. The summed E-state index contributed by atoms with van der Waals surface area (Å²) in [7, 11) is 3.09. The Bertz CT molecular complexity index is 743. The zero-order valence-electron chi connectivity index (χ0n) is 14.7. The topological polar surface area (TPSA) is 66.8 Å². The third-order valence-electron chi connectivity index (χ3n) is 4.20. The number of carboxylic acid groups (broad SMARTS) is 1. The van der Waals surface area contributed by atoms with E-state index in [0.717, 1.165) is 16.7 Å². The molecule has 0 fully saturated rings. The van der Waals surface area contributed by atoms with Crippen LogP contribution in [0, 0.1) is 6.92 Å². The molecule has 0 aliphatic rings. The van der Waals surface area contributed by atoms with Crippen LogP contribution in [0.2, 0.25) is 0 Å². The molecule has 1 atom stereocenters. The molecule has 5 nitrogen and oxygen atoms in total. The molecular formula is C20H23NO4. The van der Waals surface area contributed by atoms with Crippen LogP contribution in [0.1, 0.15) is 16.7 Å². The summed E-state index contributed by atoms with van der Waals surface area (Å²) in [5.74, 6) is -0.648. The molecule has 0 aliphatic heterocycles. The molecule has 0 radical (unpaired) electrons. The molecule has 0 saturated carbocycles. The number of carboxylic acids is 1. The molecule has 2 rings (SSSR count). The molecule has 0 spiro atoms. The van der Waals surface area contributed by atoms with Crippen molar-refractivity contribution in [3.63, 3.8) is 0 Å². The van der Waals surface area contributed by atoms with E-state index in [0.29, 0.717) is 5.75 Å². The van der Waals surface area contributed by atoms with Crippen LogP contribution in [0.25, 0.3) is 0 Å². The van der Waals surface area contributed by atoms with Gasteiger partial charge >= 0.3 is 5.97 Å². The van der Waals surface area contributed by atoms with Gasteiger partial charge < -0.3 is 14.7 Å². The third-order valence-corrected chi connectivity index (χ3v) is 4.20. The van der Waals surface area contributed by atoms with E-state index >= 15 is 0 Å². The SMILES string of the molecule is COc1ccc(C)cc1CC(=O)N(C)C(Cc1ccccc1)C(=O)O. The second kappa shape index (κ2) is 8.33. The molecule has 0 aromatic heterocycles. The van der Waals surface area contributed by atoms with Crippen molar-refractivity contribution in [2.75, 3.05) is 14.2 Å². The van der Waals surface area contributed by atoms with Crippen molar-refractivity contribution in [1.82, 2.24) is 4.90 Å². The number of carbonyl (C=O) groups is 2. The lowest BCUT2D eigenvalue weighted by atomic mass is 10.0. The van der Waals surface area contributed by atoms with Gasteiger partial charge in [0.15, 0.2) is 0 Å². The fraction of sp³-hybridized carbons (Fsp3) is 0.300. The van der Waals surface area contributed by atoms with Crippen LogP contribution in [0.4, 0.5) is 0 Å². The highest BCUT2D eigenvalue weighted by Gasteiger charge is 2.27. The molecule has 0 aliphatic carbocycles. The minimum absolute atomic E-state index is 0.0971. The number of ether oxygens (including phenoxy) is 1. The number of hydrogen-bond acceptors (Lipinski definition) is 3. The maximum Gasteiger partial charge on any atom is 0.326 e. The molecule has 1 N–H and O–H groups in total. The first-order valence-corrected chi connectivity index (χ1v) is 8.08. The first-order valence-electron chi connectivity index (χ1n) is 8.08. The number of likely N-dealkylation sites (N-methyl/N-ethyl adjacent to an activating group) is 1. The Hall–Kier alpha value is -2.82. The predicted molar refractivity (Wildman–Crippen MR) is 95.8 cm³/mol. The van der Waals surface area contributed by atoms with E-state index < -0.39 is 12.0 Å². The molecule has 1 unspecified atom stereocenters. The quantitative estimate of drug-likeness (QED) is 0.841. The normalized spacial score (nSPS) is 11.6. The number of aliphatic carboxylic acids is 1. The minimum atomic E-state index is -1.02. The maximum absolute atomic E-state index is 12.6. The van der Waals surface area contributed by atoms with Gasteiger partial charge in [-0.25, -0.2) is 4.79 Å². The van der Waals surface area contributed by atoms with Gasteiger partial charge in [0.2, 0.25) is 5.91 Å². The molecule has 2 aromatic rings. The van der Waals surface area contributed by atoms with Crippen LogP contribution in [-0.2, 0) is 22.4 Å². The molecule has 0 bridgehead atoms. The number of benzene rings is 2. The van der Waals surface area contributed by atoms with Crippen molar-refractivity contribution in [2.45, 2.75) is 25.8 Å². The summed E-state index contributed by atoms with van der Waals surface area (Å²) in [6.45, 7) is 1.94. The van der Waals surface area contributed by atoms with Gasteiger partial charge in [-0.15, -0.1) is 0 Å². The Morgan fingerprint density at radius 3 is 2.44 bits per heavy atom. The second-order valence-electron chi connectivity index (χ2n) is 6.04. The third kappa shape index (κ3) is 4.83. The van der Waals surface area contributed by atoms with Gasteiger partial charge in [-0.2, -0.15) is 0 Å². The van der Waals surface area contributed by atoms with Gasteiger partial charge in [-0.1, -0.05) is 48.0 Å². The highest BCUT2D eigenvalue weighted by molar-refractivity contribution is 5.85. The number of aryl methyl sites for hydroxylation is 1. The Labute approximate surface area is 147 Å². The summed E-state index contributed by atoms with van der Waals surface area (Å²) < 4.78 is 5.30. The summed E-state index contributed by atoms with van der Waals surface area (Å²) in [4.78, 5) is 25.6. The zero-order chi connectivity index (χ0) is 18.4. The molecule has 0 saturated heterocycles. The zero-order valence-corrected chi connectivity index (χ0v) is 14.7.